The molecule has 2 aromatic carbocycles. The van der Waals surface area contributed by atoms with Crippen molar-refractivity contribution in [2.45, 2.75) is 19.6 Å². The van der Waals surface area contributed by atoms with Gasteiger partial charge in [0.15, 0.2) is 5.13 Å². The van der Waals surface area contributed by atoms with E-state index in [0.29, 0.717) is 0 Å². The summed E-state index contributed by atoms with van der Waals surface area (Å²) in [6.07, 6.45) is 1.84. The highest BCUT2D eigenvalue weighted by Gasteiger charge is 2.17. The van der Waals surface area contributed by atoms with Crippen LogP contribution in [0.15, 0.2) is 66.2 Å². The Morgan fingerprint density at radius 1 is 1.03 bits per heavy atom. The fourth-order valence-corrected chi connectivity index (χ4v) is 4.95. The van der Waals surface area contributed by atoms with E-state index in [-0.39, 0.29) is 0 Å². The molecule has 0 radical (unpaired) electrons. The lowest BCUT2D eigenvalue weighted by Gasteiger charge is -2.26. The SMILES string of the molecule is COc1cccc(CN(Cc2ccc3ncccc3c2)c2nc(CN3CCOCC3)cs2)c1. The molecule has 0 unspecified atom stereocenters. The van der Waals surface area contributed by atoms with Gasteiger partial charge >= 0.3 is 0 Å². The number of pyridine rings is 1. The molecule has 0 spiro atoms. The predicted molar refractivity (Wildman–Crippen MR) is 133 cm³/mol. The van der Waals surface area contributed by atoms with Crippen molar-refractivity contribution in [3.05, 3.63) is 83.0 Å². The molecule has 5 rings (SSSR count). The Kier molecular flexibility index (Phi) is 6.81. The number of benzene rings is 2. The first-order valence-corrected chi connectivity index (χ1v) is 12.1. The maximum Gasteiger partial charge on any atom is 0.186 e. The van der Waals surface area contributed by atoms with Crippen molar-refractivity contribution in [1.82, 2.24) is 14.9 Å². The molecule has 3 heterocycles. The zero-order valence-corrected chi connectivity index (χ0v) is 19.6. The van der Waals surface area contributed by atoms with Crippen molar-refractivity contribution in [3.8, 4) is 5.75 Å². The van der Waals surface area contributed by atoms with Crippen molar-refractivity contribution in [2.75, 3.05) is 38.3 Å². The summed E-state index contributed by atoms with van der Waals surface area (Å²) in [7, 11) is 1.71. The largest absolute Gasteiger partial charge is 0.497 e. The van der Waals surface area contributed by atoms with Gasteiger partial charge in [-0.1, -0.05) is 24.3 Å². The van der Waals surface area contributed by atoms with Gasteiger partial charge in [0.25, 0.3) is 0 Å². The third-order valence-electron chi connectivity index (χ3n) is 5.85. The molecule has 6 nitrogen and oxygen atoms in total. The van der Waals surface area contributed by atoms with Gasteiger partial charge < -0.3 is 14.4 Å². The first-order chi connectivity index (χ1) is 16.3. The minimum atomic E-state index is 0.757. The molecule has 170 valence electrons. The monoisotopic (exact) mass is 460 g/mol. The average Bonchev–Trinajstić information content (AvgIpc) is 3.33. The second kappa shape index (κ2) is 10.3. The van der Waals surface area contributed by atoms with Gasteiger partial charge in [-0.25, -0.2) is 4.98 Å². The fraction of sp³-hybridized carbons (Fsp3) is 0.308. The van der Waals surface area contributed by atoms with E-state index in [4.69, 9.17) is 14.5 Å². The number of morpholine rings is 1. The van der Waals surface area contributed by atoms with Crippen LogP contribution in [0.5, 0.6) is 5.75 Å². The molecular formula is C26H28N4O2S. The summed E-state index contributed by atoms with van der Waals surface area (Å²) in [4.78, 5) is 14.2. The fourth-order valence-electron chi connectivity index (χ4n) is 4.13. The second-order valence-electron chi connectivity index (χ2n) is 8.25. The number of hydrogen-bond acceptors (Lipinski definition) is 7. The van der Waals surface area contributed by atoms with E-state index < -0.39 is 0 Å². The number of thiazole rings is 1. The van der Waals surface area contributed by atoms with E-state index in [1.807, 2.05) is 24.4 Å². The van der Waals surface area contributed by atoms with Gasteiger partial charge in [-0.05, 0) is 41.5 Å². The van der Waals surface area contributed by atoms with Crippen LogP contribution in [0, 0.1) is 0 Å². The number of ether oxygens (including phenoxy) is 2. The van der Waals surface area contributed by atoms with Gasteiger partial charge in [-0.15, -0.1) is 11.3 Å². The van der Waals surface area contributed by atoms with Crippen molar-refractivity contribution in [1.29, 1.82) is 0 Å². The highest BCUT2D eigenvalue weighted by molar-refractivity contribution is 7.13. The lowest BCUT2D eigenvalue weighted by molar-refractivity contribution is 0.0337. The maximum atomic E-state index is 5.48. The third kappa shape index (κ3) is 5.50. The van der Waals surface area contributed by atoms with Crippen LogP contribution in [0.25, 0.3) is 10.9 Å². The molecule has 1 fully saturated rings. The Bertz CT molecular complexity index is 1210. The van der Waals surface area contributed by atoms with Gasteiger partial charge in [0.2, 0.25) is 0 Å². The van der Waals surface area contributed by atoms with Crippen LogP contribution in [0.1, 0.15) is 16.8 Å². The standard InChI is InChI=1S/C26H28N4O2S/c1-31-24-6-2-4-20(15-24)16-30(17-21-7-8-25-22(14-21)5-3-9-27-25)26-28-23(19-33-26)18-29-10-12-32-13-11-29/h2-9,14-15,19H,10-13,16-18H2,1H3. The highest BCUT2D eigenvalue weighted by Crippen LogP contribution is 2.27. The Hall–Kier alpha value is -3.00. The normalized spacial score (nSPS) is 14.5. The molecule has 1 aliphatic rings. The minimum Gasteiger partial charge on any atom is -0.497 e. The molecule has 1 aliphatic heterocycles. The Balaban J connectivity index is 1.40. The molecule has 33 heavy (non-hydrogen) atoms. The number of methoxy groups -OCH3 is 1. The number of aromatic nitrogens is 2. The number of fused-ring (bicyclic) bond motifs is 1. The molecule has 0 aliphatic carbocycles. The van der Waals surface area contributed by atoms with E-state index in [0.717, 1.165) is 73.4 Å². The molecule has 0 atom stereocenters. The zero-order valence-electron chi connectivity index (χ0n) is 18.8. The van der Waals surface area contributed by atoms with Crippen molar-refractivity contribution in [2.24, 2.45) is 0 Å². The number of anilines is 1. The quantitative estimate of drug-likeness (QED) is 0.379. The molecule has 1 saturated heterocycles. The highest BCUT2D eigenvalue weighted by atomic mass is 32.1. The molecule has 0 N–H and O–H groups in total. The zero-order chi connectivity index (χ0) is 22.5. The summed E-state index contributed by atoms with van der Waals surface area (Å²) < 4.78 is 10.9. The van der Waals surface area contributed by atoms with E-state index in [2.05, 4.69) is 56.6 Å². The van der Waals surface area contributed by atoms with E-state index in [9.17, 15) is 0 Å². The molecular weight excluding hydrogens is 432 g/mol. The average molecular weight is 461 g/mol. The van der Waals surface area contributed by atoms with Gasteiger partial charge in [-0.2, -0.15) is 0 Å². The lowest BCUT2D eigenvalue weighted by Crippen LogP contribution is -2.35. The maximum absolute atomic E-state index is 5.48. The molecule has 2 aromatic heterocycles. The summed E-state index contributed by atoms with van der Waals surface area (Å²) in [5, 5.41) is 4.38. The molecule has 0 amide bonds. The van der Waals surface area contributed by atoms with Gasteiger partial charge in [0.1, 0.15) is 5.75 Å². The van der Waals surface area contributed by atoms with E-state index >= 15 is 0 Å². The van der Waals surface area contributed by atoms with Crippen LogP contribution in [-0.4, -0.2) is 48.3 Å². The van der Waals surface area contributed by atoms with Crippen molar-refractivity contribution >= 4 is 27.4 Å². The summed E-state index contributed by atoms with van der Waals surface area (Å²) >= 11 is 1.71. The summed E-state index contributed by atoms with van der Waals surface area (Å²) in [6, 6.07) is 18.8. The van der Waals surface area contributed by atoms with Crippen molar-refractivity contribution < 1.29 is 9.47 Å². The summed E-state index contributed by atoms with van der Waals surface area (Å²) in [5.74, 6) is 0.872. The van der Waals surface area contributed by atoms with Crippen LogP contribution < -0.4 is 9.64 Å². The van der Waals surface area contributed by atoms with Gasteiger partial charge in [0.05, 0.1) is 31.5 Å². The second-order valence-corrected chi connectivity index (χ2v) is 9.08. The third-order valence-corrected chi connectivity index (χ3v) is 6.80. The van der Waals surface area contributed by atoms with Crippen molar-refractivity contribution in [3.63, 3.8) is 0 Å². The first kappa shape index (κ1) is 21.8. The molecule has 0 saturated carbocycles. The summed E-state index contributed by atoms with van der Waals surface area (Å²) in [5.41, 5.74) is 4.57. The van der Waals surface area contributed by atoms with Gasteiger partial charge in [0, 0.05) is 49.7 Å². The number of rotatable bonds is 8. The molecule has 4 aromatic rings. The topological polar surface area (TPSA) is 50.7 Å². The van der Waals surface area contributed by atoms with Crippen LogP contribution in [0.3, 0.4) is 0 Å². The Morgan fingerprint density at radius 3 is 2.73 bits per heavy atom. The van der Waals surface area contributed by atoms with Crippen LogP contribution in [0.2, 0.25) is 0 Å². The minimum absolute atomic E-state index is 0.757. The molecule has 0 bridgehead atoms. The first-order valence-electron chi connectivity index (χ1n) is 11.2. The summed E-state index contributed by atoms with van der Waals surface area (Å²) in [6.45, 7) is 5.93. The number of nitrogens with zero attached hydrogens (tertiary/aromatic N) is 4. The molecule has 7 heteroatoms. The Morgan fingerprint density at radius 2 is 1.88 bits per heavy atom. The lowest BCUT2D eigenvalue weighted by atomic mass is 10.1. The van der Waals surface area contributed by atoms with E-state index in [1.54, 1.807) is 18.4 Å². The Labute approximate surface area is 198 Å². The van der Waals surface area contributed by atoms with E-state index in [1.165, 1.54) is 11.1 Å². The number of hydrogen-bond donors (Lipinski definition) is 0. The van der Waals surface area contributed by atoms with Gasteiger partial charge in [-0.3, -0.25) is 9.88 Å². The smallest absolute Gasteiger partial charge is 0.186 e. The predicted octanol–water partition coefficient (Wildman–Crippen LogP) is 4.74. The van der Waals surface area contributed by atoms with Crippen LogP contribution in [-0.2, 0) is 24.4 Å². The van der Waals surface area contributed by atoms with Crippen LogP contribution >= 0.6 is 11.3 Å². The van der Waals surface area contributed by atoms with Crippen LogP contribution in [0.4, 0.5) is 5.13 Å².